The number of hydrogen-bond donors (Lipinski definition) is 2. The molecule has 1 fully saturated rings. The Morgan fingerprint density at radius 1 is 1.24 bits per heavy atom. The van der Waals surface area contributed by atoms with Crippen molar-refractivity contribution < 1.29 is 14.3 Å². The van der Waals surface area contributed by atoms with Crippen molar-refractivity contribution in [3.05, 3.63) is 24.3 Å². The van der Waals surface area contributed by atoms with Gasteiger partial charge in [0, 0.05) is 24.6 Å². The highest BCUT2D eigenvalue weighted by Gasteiger charge is 2.24. The van der Waals surface area contributed by atoms with Crippen molar-refractivity contribution in [2.24, 2.45) is 5.92 Å². The molecule has 0 heterocycles. The maximum atomic E-state index is 11.8. The summed E-state index contributed by atoms with van der Waals surface area (Å²) in [4.78, 5) is 23.4. The van der Waals surface area contributed by atoms with Crippen LogP contribution in [0.15, 0.2) is 24.3 Å². The van der Waals surface area contributed by atoms with Crippen LogP contribution in [0.25, 0.3) is 0 Å². The van der Waals surface area contributed by atoms with Gasteiger partial charge in [-0.15, -0.1) is 0 Å². The molecule has 5 nitrogen and oxygen atoms in total. The van der Waals surface area contributed by atoms with E-state index >= 15 is 0 Å². The van der Waals surface area contributed by atoms with Crippen LogP contribution < -0.4 is 15.4 Å². The topological polar surface area (TPSA) is 67.4 Å². The van der Waals surface area contributed by atoms with E-state index in [1.54, 1.807) is 12.1 Å². The number of benzene rings is 1. The van der Waals surface area contributed by atoms with E-state index in [1.807, 2.05) is 19.1 Å². The molecule has 114 valence electrons. The smallest absolute Gasteiger partial charge is 0.226 e. The van der Waals surface area contributed by atoms with E-state index in [2.05, 4.69) is 10.6 Å². The average molecular weight is 290 g/mol. The van der Waals surface area contributed by atoms with Gasteiger partial charge >= 0.3 is 0 Å². The molecule has 1 saturated carbocycles. The molecule has 0 aromatic heterocycles. The molecule has 0 radical (unpaired) electrons. The van der Waals surface area contributed by atoms with Gasteiger partial charge in [0.2, 0.25) is 11.8 Å². The van der Waals surface area contributed by atoms with Crippen molar-refractivity contribution in [2.75, 3.05) is 18.5 Å². The highest BCUT2D eigenvalue weighted by molar-refractivity contribution is 5.91. The Morgan fingerprint density at radius 3 is 2.52 bits per heavy atom. The molecule has 0 unspecified atom stereocenters. The lowest BCUT2D eigenvalue weighted by atomic mass is 9.85. The lowest BCUT2D eigenvalue weighted by Gasteiger charge is -2.23. The van der Waals surface area contributed by atoms with Gasteiger partial charge in [0.05, 0.1) is 6.61 Å². The number of rotatable bonds is 7. The molecular weight excluding hydrogens is 268 g/mol. The fourth-order valence-electron chi connectivity index (χ4n) is 2.14. The number of amides is 2. The van der Waals surface area contributed by atoms with Gasteiger partial charge in [-0.2, -0.15) is 0 Å². The minimum atomic E-state index is -0.104. The number of ether oxygens (including phenoxy) is 1. The third-order valence-electron chi connectivity index (χ3n) is 3.58. The van der Waals surface area contributed by atoms with Crippen molar-refractivity contribution in [2.45, 2.75) is 32.6 Å². The van der Waals surface area contributed by atoms with E-state index in [9.17, 15) is 9.59 Å². The Kier molecular flexibility index (Phi) is 5.60. The first-order valence-electron chi connectivity index (χ1n) is 7.49. The molecular formula is C16H22N2O3. The molecule has 0 spiro atoms. The summed E-state index contributed by atoms with van der Waals surface area (Å²) in [5.41, 5.74) is 0.730. The predicted molar refractivity (Wildman–Crippen MR) is 81.2 cm³/mol. The number of nitrogens with one attached hydrogen (secondary N) is 2. The second-order valence-electron chi connectivity index (χ2n) is 5.17. The Morgan fingerprint density at radius 2 is 1.95 bits per heavy atom. The van der Waals surface area contributed by atoms with Gasteiger partial charge in [0.15, 0.2) is 0 Å². The third kappa shape index (κ3) is 4.77. The van der Waals surface area contributed by atoms with Crippen LogP contribution in [-0.2, 0) is 9.59 Å². The fraction of sp³-hybridized carbons (Fsp3) is 0.500. The predicted octanol–water partition coefficient (Wildman–Crippen LogP) is 2.33. The second kappa shape index (κ2) is 7.67. The van der Waals surface area contributed by atoms with Crippen molar-refractivity contribution in [3.8, 4) is 5.75 Å². The van der Waals surface area contributed by atoms with Crippen molar-refractivity contribution in [1.82, 2.24) is 5.32 Å². The van der Waals surface area contributed by atoms with Gasteiger partial charge in [-0.05, 0) is 44.0 Å². The van der Waals surface area contributed by atoms with Crippen molar-refractivity contribution in [3.63, 3.8) is 0 Å². The van der Waals surface area contributed by atoms with Gasteiger partial charge in [-0.25, -0.2) is 0 Å². The molecule has 1 aliphatic rings. The number of carbonyl (C=O) groups excluding carboxylic acids is 2. The Hall–Kier alpha value is -2.04. The summed E-state index contributed by atoms with van der Waals surface area (Å²) in [5.74, 6) is 0.922. The van der Waals surface area contributed by atoms with E-state index in [-0.39, 0.29) is 24.2 Å². The molecule has 0 bridgehead atoms. The maximum Gasteiger partial charge on any atom is 0.226 e. The van der Waals surface area contributed by atoms with E-state index < -0.39 is 0 Å². The van der Waals surface area contributed by atoms with E-state index in [0.29, 0.717) is 13.2 Å². The van der Waals surface area contributed by atoms with E-state index in [0.717, 1.165) is 30.7 Å². The molecule has 1 aliphatic carbocycles. The molecule has 1 aromatic rings. The summed E-state index contributed by atoms with van der Waals surface area (Å²) < 4.78 is 5.34. The minimum absolute atomic E-state index is 0.0788. The van der Waals surface area contributed by atoms with Gasteiger partial charge in [-0.3, -0.25) is 9.59 Å². The lowest BCUT2D eigenvalue weighted by Crippen LogP contribution is -2.36. The molecule has 0 atom stereocenters. The van der Waals surface area contributed by atoms with Gasteiger partial charge < -0.3 is 15.4 Å². The zero-order valence-electron chi connectivity index (χ0n) is 12.4. The number of hydrogen-bond acceptors (Lipinski definition) is 3. The maximum absolute atomic E-state index is 11.8. The minimum Gasteiger partial charge on any atom is -0.494 e. The molecule has 5 heteroatoms. The van der Waals surface area contributed by atoms with Gasteiger partial charge in [-0.1, -0.05) is 6.42 Å². The zero-order valence-corrected chi connectivity index (χ0v) is 12.4. The van der Waals surface area contributed by atoms with Crippen molar-refractivity contribution >= 4 is 17.5 Å². The van der Waals surface area contributed by atoms with Crippen LogP contribution in [0.4, 0.5) is 5.69 Å². The molecule has 2 N–H and O–H groups in total. The zero-order chi connectivity index (χ0) is 15.1. The summed E-state index contributed by atoms with van der Waals surface area (Å²) in [6.07, 6.45) is 3.37. The van der Waals surface area contributed by atoms with E-state index in [4.69, 9.17) is 4.74 Å². The second-order valence-corrected chi connectivity index (χ2v) is 5.17. The lowest BCUT2D eigenvalue weighted by molar-refractivity contribution is -0.127. The van der Waals surface area contributed by atoms with Crippen LogP contribution in [0.5, 0.6) is 5.75 Å². The van der Waals surface area contributed by atoms with Crippen LogP contribution in [-0.4, -0.2) is 25.0 Å². The molecule has 21 heavy (non-hydrogen) atoms. The SMILES string of the molecule is CCOc1ccc(NC(=O)CCNC(=O)C2CCC2)cc1. The number of anilines is 1. The summed E-state index contributed by atoms with van der Waals surface area (Å²) in [5, 5.41) is 5.60. The Labute approximate surface area is 125 Å². The highest BCUT2D eigenvalue weighted by Crippen LogP contribution is 2.26. The summed E-state index contributed by atoms with van der Waals surface area (Å²) in [6, 6.07) is 7.24. The normalized spacial score (nSPS) is 14.1. The summed E-state index contributed by atoms with van der Waals surface area (Å²) in [7, 11) is 0. The first-order chi connectivity index (χ1) is 10.2. The monoisotopic (exact) mass is 290 g/mol. The van der Waals surface area contributed by atoms with Crippen LogP contribution in [0, 0.1) is 5.92 Å². The molecule has 0 aliphatic heterocycles. The van der Waals surface area contributed by atoms with Crippen LogP contribution in [0.1, 0.15) is 32.6 Å². The van der Waals surface area contributed by atoms with E-state index in [1.165, 1.54) is 0 Å². The average Bonchev–Trinajstić information content (AvgIpc) is 2.39. The highest BCUT2D eigenvalue weighted by atomic mass is 16.5. The molecule has 1 aromatic carbocycles. The Balaban J connectivity index is 1.67. The Bertz CT molecular complexity index is 481. The quantitative estimate of drug-likeness (QED) is 0.810. The molecule has 0 saturated heterocycles. The number of carbonyl (C=O) groups is 2. The summed E-state index contributed by atoms with van der Waals surface area (Å²) in [6.45, 7) is 2.93. The van der Waals surface area contributed by atoms with Gasteiger partial charge in [0.25, 0.3) is 0 Å². The first-order valence-corrected chi connectivity index (χ1v) is 7.49. The van der Waals surface area contributed by atoms with Gasteiger partial charge in [0.1, 0.15) is 5.75 Å². The summed E-state index contributed by atoms with van der Waals surface area (Å²) >= 11 is 0. The van der Waals surface area contributed by atoms with Crippen LogP contribution >= 0.6 is 0 Å². The van der Waals surface area contributed by atoms with Crippen LogP contribution in [0.2, 0.25) is 0 Å². The molecule has 2 rings (SSSR count). The first kappa shape index (κ1) is 15.4. The van der Waals surface area contributed by atoms with Crippen LogP contribution in [0.3, 0.4) is 0 Å². The third-order valence-corrected chi connectivity index (χ3v) is 3.58. The molecule has 2 amide bonds. The fourth-order valence-corrected chi connectivity index (χ4v) is 2.14. The van der Waals surface area contributed by atoms with Crippen molar-refractivity contribution in [1.29, 1.82) is 0 Å². The largest absolute Gasteiger partial charge is 0.494 e. The standard InChI is InChI=1S/C16H22N2O3/c1-2-21-14-8-6-13(7-9-14)18-15(19)10-11-17-16(20)12-4-3-5-12/h6-9,12H,2-5,10-11H2,1H3,(H,17,20)(H,18,19).